The van der Waals surface area contributed by atoms with E-state index in [-0.39, 0.29) is 6.61 Å². The molecule has 1 aromatic heterocycles. The van der Waals surface area contributed by atoms with Crippen molar-refractivity contribution >= 4 is 11.4 Å². The quantitative estimate of drug-likeness (QED) is 0.671. The van der Waals surface area contributed by atoms with E-state index in [1.807, 2.05) is 13.1 Å². The standard InChI is InChI=1S/C10H15N3O/c1-13-5-7(6-14)2-9-10(13)3-8(11)4-12-9/h3-4,7,14H,2,5-6,11H2,1H3. The number of aromatic nitrogens is 1. The summed E-state index contributed by atoms with van der Waals surface area (Å²) in [5.74, 6) is 0.295. The second-order valence-electron chi connectivity index (χ2n) is 3.87. The second kappa shape index (κ2) is 3.46. The molecule has 0 aliphatic carbocycles. The Hall–Kier alpha value is -1.29. The molecular formula is C10H15N3O. The maximum absolute atomic E-state index is 9.11. The third-order valence-corrected chi connectivity index (χ3v) is 2.65. The summed E-state index contributed by atoms with van der Waals surface area (Å²) in [6, 6.07) is 1.94. The molecule has 1 aromatic rings. The summed E-state index contributed by atoms with van der Waals surface area (Å²) in [7, 11) is 2.00. The third kappa shape index (κ3) is 1.53. The fourth-order valence-electron chi connectivity index (χ4n) is 1.93. The highest BCUT2D eigenvalue weighted by Gasteiger charge is 2.22. The molecule has 1 aliphatic rings. The lowest BCUT2D eigenvalue weighted by Crippen LogP contribution is -2.34. The van der Waals surface area contributed by atoms with E-state index in [1.54, 1.807) is 6.20 Å². The van der Waals surface area contributed by atoms with Gasteiger partial charge in [0, 0.05) is 26.1 Å². The number of anilines is 2. The molecule has 1 aliphatic heterocycles. The van der Waals surface area contributed by atoms with Gasteiger partial charge >= 0.3 is 0 Å². The van der Waals surface area contributed by atoms with Gasteiger partial charge in [0.2, 0.25) is 0 Å². The van der Waals surface area contributed by atoms with Gasteiger partial charge in [-0.2, -0.15) is 0 Å². The van der Waals surface area contributed by atoms with Crippen molar-refractivity contribution in [2.24, 2.45) is 5.92 Å². The summed E-state index contributed by atoms with van der Waals surface area (Å²) in [6.07, 6.45) is 2.52. The summed E-state index contributed by atoms with van der Waals surface area (Å²) in [6.45, 7) is 1.09. The minimum Gasteiger partial charge on any atom is -0.397 e. The molecule has 2 rings (SSSR count). The average molecular weight is 193 g/mol. The third-order valence-electron chi connectivity index (χ3n) is 2.65. The van der Waals surface area contributed by atoms with Gasteiger partial charge in [0.05, 0.1) is 23.3 Å². The van der Waals surface area contributed by atoms with Gasteiger partial charge in [-0.3, -0.25) is 4.98 Å². The zero-order valence-corrected chi connectivity index (χ0v) is 8.27. The highest BCUT2D eigenvalue weighted by molar-refractivity contribution is 5.59. The van der Waals surface area contributed by atoms with Crippen LogP contribution in [0, 0.1) is 5.92 Å². The molecular weight excluding hydrogens is 178 g/mol. The molecule has 0 amide bonds. The van der Waals surface area contributed by atoms with Crippen molar-refractivity contribution < 1.29 is 5.11 Å². The Morgan fingerprint density at radius 1 is 1.71 bits per heavy atom. The van der Waals surface area contributed by atoms with E-state index in [0.29, 0.717) is 11.6 Å². The van der Waals surface area contributed by atoms with Crippen molar-refractivity contribution in [3.8, 4) is 0 Å². The van der Waals surface area contributed by atoms with Crippen LogP contribution in [0.3, 0.4) is 0 Å². The van der Waals surface area contributed by atoms with E-state index in [4.69, 9.17) is 10.8 Å². The summed E-state index contributed by atoms with van der Waals surface area (Å²) in [4.78, 5) is 6.39. The van der Waals surface area contributed by atoms with Crippen LogP contribution in [0.25, 0.3) is 0 Å². The van der Waals surface area contributed by atoms with Gasteiger partial charge in [0.1, 0.15) is 0 Å². The van der Waals surface area contributed by atoms with Crippen molar-refractivity contribution in [1.82, 2.24) is 4.98 Å². The van der Waals surface area contributed by atoms with Crippen LogP contribution in [-0.2, 0) is 6.42 Å². The van der Waals surface area contributed by atoms with E-state index in [0.717, 1.165) is 24.3 Å². The summed E-state index contributed by atoms with van der Waals surface area (Å²) in [5.41, 5.74) is 8.49. The highest BCUT2D eigenvalue weighted by Crippen LogP contribution is 2.28. The average Bonchev–Trinajstić information content (AvgIpc) is 2.19. The lowest BCUT2D eigenvalue weighted by atomic mass is 9.97. The summed E-state index contributed by atoms with van der Waals surface area (Å²) in [5, 5.41) is 9.11. The number of nitrogen functional groups attached to an aromatic ring is 1. The highest BCUT2D eigenvalue weighted by atomic mass is 16.3. The number of nitrogens with two attached hydrogens (primary N) is 1. The largest absolute Gasteiger partial charge is 0.397 e. The number of hydrogen-bond donors (Lipinski definition) is 2. The van der Waals surface area contributed by atoms with Gasteiger partial charge < -0.3 is 15.7 Å². The van der Waals surface area contributed by atoms with E-state index < -0.39 is 0 Å². The van der Waals surface area contributed by atoms with Crippen molar-refractivity contribution in [2.75, 3.05) is 30.8 Å². The molecule has 4 heteroatoms. The fourth-order valence-corrected chi connectivity index (χ4v) is 1.93. The molecule has 0 radical (unpaired) electrons. The van der Waals surface area contributed by atoms with Crippen molar-refractivity contribution in [3.05, 3.63) is 18.0 Å². The molecule has 0 saturated heterocycles. The van der Waals surface area contributed by atoms with Crippen LogP contribution in [0.15, 0.2) is 12.3 Å². The van der Waals surface area contributed by atoms with Crippen LogP contribution in [-0.4, -0.2) is 30.3 Å². The summed E-state index contributed by atoms with van der Waals surface area (Å²) < 4.78 is 0. The van der Waals surface area contributed by atoms with Crippen LogP contribution in [0.5, 0.6) is 0 Å². The molecule has 0 saturated carbocycles. The van der Waals surface area contributed by atoms with Gasteiger partial charge in [-0.05, 0) is 12.5 Å². The Morgan fingerprint density at radius 2 is 2.50 bits per heavy atom. The zero-order valence-electron chi connectivity index (χ0n) is 8.27. The first kappa shape index (κ1) is 9.27. The van der Waals surface area contributed by atoms with Crippen molar-refractivity contribution in [2.45, 2.75) is 6.42 Å². The van der Waals surface area contributed by atoms with E-state index in [2.05, 4.69) is 9.88 Å². The lowest BCUT2D eigenvalue weighted by molar-refractivity contribution is 0.224. The molecule has 4 nitrogen and oxygen atoms in total. The molecule has 76 valence electrons. The smallest absolute Gasteiger partial charge is 0.0642 e. The van der Waals surface area contributed by atoms with Crippen LogP contribution in [0.4, 0.5) is 11.4 Å². The molecule has 0 aromatic carbocycles. The minimum absolute atomic E-state index is 0.218. The monoisotopic (exact) mass is 193 g/mol. The van der Waals surface area contributed by atoms with Crippen LogP contribution >= 0.6 is 0 Å². The van der Waals surface area contributed by atoms with E-state index >= 15 is 0 Å². The van der Waals surface area contributed by atoms with Gasteiger partial charge in [-0.25, -0.2) is 0 Å². The SMILES string of the molecule is CN1CC(CO)Cc2ncc(N)cc21. The van der Waals surface area contributed by atoms with E-state index in [1.165, 1.54) is 0 Å². The Kier molecular flexibility index (Phi) is 2.29. The van der Waals surface area contributed by atoms with Crippen molar-refractivity contribution in [3.63, 3.8) is 0 Å². The van der Waals surface area contributed by atoms with Crippen LogP contribution in [0.1, 0.15) is 5.69 Å². The number of nitrogens with zero attached hydrogens (tertiary/aromatic N) is 2. The maximum atomic E-state index is 9.11. The first-order valence-electron chi connectivity index (χ1n) is 4.77. The molecule has 0 bridgehead atoms. The van der Waals surface area contributed by atoms with E-state index in [9.17, 15) is 0 Å². The van der Waals surface area contributed by atoms with Gasteiger partial charge in [-0.1, -0.05) is 0 Å². The lowest BCUT2D eigenvalue weighted by Gasteiger charge is -2.31. The number of fused-ring (bicyclic) bond motifs is 1. The van der Waals surface area contributed by atoms with Crippen LogP contribution in [0.2, 0.25) is 0 Å². The molecule has 2 heterocycles. The minimum atomic E-state index is 0.218. The Bertz CT molecular complexity index is 340. The fraction of sp³-hybridized carbons (Fsp3) is 0.500. The molecule has 3 N–H and O–H groups in total. The molecule has 1 atom stereocenters. The topological polar surface area (TPSA) is 62.4 Å². The number of rotatable bonds is 1. The predicted molar refractivity (Wildman–Crippen MR) is 56.2 cm³/mol. The van der Waals surface area contributed by atoms with Gasteiger partial charge in [0.15, 0.2) is 0 Å². The Balaban J connectivity index is 2.35. The summed E-state index contributed by atoms with van der Waals surface area (Å²) >= 11 is 0. The van der Waals surface area contributed by atoms with Crippen molar-refractivity contribution in [1.29, 1.82) is 0 Å². The normalized spacial score (nSPS) is 20.7. The number of aliphatic hydroxyl groups excluding tert-OH is 1. The molecule has 0 spiro atoms. The maximum Gasteiger partial charge on any atom is 0.0642 e. The predicted octanol–water partition coefficient (Wildman–Crippen LogP) is 0.265. The van der Waals surface area contributed by atoms with Gasteiger partial charge in [-0.15, -0.1) is 0 Å². The Labute approximate surface area is 83.4 Å². The Morgan fingerprint density at radius 3 is 3.21 bits per heavy atom. The molecule has 1 unspecified atom stereocenters. The van der Waals surface area contributed by atoms with Gasteiger partial charge in [0.25, 0.3) is 0 Å². The molecule has 0 fully saturated rings. The molecule has 14 heavy (non-hydrogen) atoms. The first-order valence-corrected chi connectivity index (χ1v) is 4.77. The van der Waals surface area contributed by atoms with Crippen LogP contribution < -0.4 is 10.6 Å². The zero-order chi connectivity index (χ0) is 10.1. The number of pyridine rings is 1. The number of hydrogen-bond acceptors (Lipinski definition) is 4. The second-order valence-corrected chi connectivity index (χ2v) is 3.87. The number of aliphatic hydroxyl groups is 1. The first-order chi connectivity index (χ1) is 6.70.